The van der Waals surface area contributed by atoms with Crippen LogP contribution in [0.2, 0.25) is 0 Å². The Labute approximate surface area is 109 Å². The molecular weight excluding hydrogens is 226 g/mol. The van der Waals surface area contributed by atoms with Crippen LogP contribution in [0.3, 0.4) is 0 Å². The Balaban J connectivity index is 1.89. The van der Waals surface area contributed by atoms with E-state index in [0.29, 0.717) is 6.04 Å². The van der Waals surface area contributed by atoms with Crippen LogP contribution in [0.25, 0.3) is 0 Å². The van der Waals surface area contributed by atoms with Crippen LogP contribution >= 0.6 is 11.8 Å². The van der Waals surface area contributed by atoms with Gasteiger partial charge in [0.25, 0.3) is 0 Å². The van der Waals surface area contributed by atoms with Crippen LogP contribution in [-0.4, -0.2) is 11.8 Å². The van der Waals surface area contributed by atoms with Crippen molar-refractivity contribution in [1.29, 1.82) is 0 Å². The van der Waals surface area contributed by atoms with Crippen LogP contribution in [0.1, 0.15) is 39.2 Å². The third-order valence-corrected chi connectivity index (χ3v) is 4.55. The number of thioether (sulfide) groups is 1. The second-order valence-electron chi connectivity index (χ2n) is 6.09. The molecule has 2 N–H and O–H groups in total. The molecule has 0 aromatic heterocycles. The van der Waals surface area contributed by atoms with E-state index in [-0.39, 0.29) is 5.41 Å². The van der Waals surface area contributed by atoms with E-state index in [9.17, 15) is 0 Å². The zero-order chi connectivity index (χ0) is 12.5. The summed E-state index contributed by atoms with van der Waals surface area (Å²) < 4.78 is 0. The fourth-order valence-electron chi connectivity index (χ4n) is 1.90. The minimum absolute atomic E-state index is 0.244. The topological polar surface area (TPSA) is 26.0 Å². The number of nitrogens with two attached hydrogens (primary N) is 1. The second-order valence-corrected chi connectivity index (χ2v) is 7.18. The normalized spacial score (nSPS) is 18.1. The number of hydrogen-bond donors (Lipinski definition) is 1. The van der Waals surface area contributed by atoms with E-state index in [2.05, 4.69) is 45.0 Å². The Morgan fingerprint density at radius 2 is 1.82 bits per heavy atom. The summed E-state index contributed by atoms with van der Waals surface area (Å²) in [7, 11) is 0. The maximum absolute atomic E-state index is 6.11. The van der Waals surface area contributed by atoms with Crippen molar-refractivity contribution in [2.45, 2.75) is 50.0 Å². The molecule has 1 atom stereocenters. The van der Waals surface area contributed by atoms with E-state index in [1.54, 1.807) is 0 Å². The summed E-state index contributed by atoms with van der Waals surface area (Å²) in [6.07, 6.45) is 2.68. The minimum Gasteiger partial charge on any atom is -0.327 e. The Morgan fingerprint density at radius 3 is 2.29 bits per heavy atom. The molecule has 0 heterocycles. The smallest absolute Gasteiger partial charge is 0.0162 e. The van der Waals surface area contributed by atoms with Crippen molar-refractivity contribution in [2.24, 2.45) is 11.7 Å². The van der Waals surface area contributed by atoms with E-state index >= 15 is 0 Å². The average Bonchev–Trinajstić information content (AvgIpc) is 3.09. The molecule has 1 aromatic carbocycles. The largest absolute Gasteiger partial charge is 0.327 e. The first-order valence-corrected chi connectivity index (χ1v) is 7.44. The van der Waals surface area contributed by atoms with E-state index in [0.717, 1.165) is 11.7 Å². The molecule has 0 aliphatic heterocycles. The van der Waals surface area contributed by atoms with E-state index < -0.39 is 0 Å². The van der Waals surface area contributed by atoms with Gasteiger partial charge in [-0.25, -0.2) is 0 Å². The first-order chi connectivity index (χ1) is 7.97. The Hall–Kier alpha value is -0.470. The summed E-state index contributed by atoms with van der Waals surface area (Å²) >= 11 is 1.89. The maximum atomic E-state index is 6.11. The fraction of sp³-hybridized carbons (Fsp3) is 0.600. The van der Waals surface area contributed by atoms with Gasteiger partial charge in [0.15, 0.2) is 0 Å². The van der Waals surface area contributed by atoms with Crippen LogP contribution in [-0.2, 0) is 5.41 Å². The molecule has 1 saturated carbocycles. The van der Waals surface area contributed by atoms with Gasteiger partial charge in [-0.3, -0.25) is 0 Å². The van der Waals surface area contributed by atoms with Gasteiger partial charge in [0.05, 0.1) is 0 Å². The van der Waals surface area contributed by atoms with Crippen molar-refractivity contribution < 1.29 is 0 Å². The number of benzene rings is 1. The third kappa shape index (κ3) is 3.75. The summed E-state index contributed by atoms with van der Waals surface area (Å²) in [5.41, 5.74) is 7.75. The van der Waals surface area contributed by atoms with Gasteiger partial charge in [-0.2, -0.15) is 0 Å². The molecule has 0 spiro atoms. The zero-order valence-electron chi connectivity index (χ0n) is 11.1. The summed E-state index contributed by atoms with van der Waals surface area (Å²) in [6.45, 7) is 6.74. The lowest BCUT2D eigenvalue weighted by Gasteiger charge is -2.19. The van der Waals surface area contributed by atoms with Crippen molar-refractivity contribution in [3.8, 4) is 0 Å². The number of rotatable bonds is 4. The van der Waals surface area contributed by atoms with Crippen molar-refractivity contribution >= 4 is 11.8 Å². The maximum Gasteiger partial charge on any atom is 0.0162 e. The lowest BCUT2D eigenvalue weighted by molar-refractivity contribution is 0.589. The fourth-order valence-corrected chi connectivity index (χ4v) is 2.89. The van der Waals surface area contributed by atoms with E-state index in [1.165, 1.54) is 23.3 Å². The quantitative estimate of drug-likeness (QED) is 0.821. The molecule has 2 rings (SSSR count). The van der Waals surface area contributed by atoms with Crippen LogP contribution in [0, 0.1) is 5.92 Å². The highest BCUT2D eigenvalue weighted by atomic mass is 32.2. The SMILES string of the molecule is CC(C)(C)c1ccc(SCC(N)C2CC2)cc1. The monoisotopic (exact) mass is 249 g/mol. The Morgan fingerprint density at radius 1 is 1.24 bits per heavy atom. The zero-order valence-corrected chi connectivity index (χ0v) is 11.9. The van der Waals surface area contributed by atoms with Crippen molar-refractivity contribution in [3.05, 3.63) is 29.8 Å². The van der Waals surface area contributed by atoms with Gasteiger partial charge in [-0.1, -0.05) is 32.9 Å². The highest BCUT2D eigenvalue weighted by Gasteiger charge is 2.28. The van der Waals surface area contributed by atoms with E-state index in [4.69, 9.17) is 5.73 Å². The highest BCUT2D eigenvalue weighted by Crippen LogP contribution is 2.34. The summed E-state index contributed by atoms with van der Waals surface area (Å²) in [4.78, 5) is 1.34. The van der Waals surface area contributed by atoms with Gasteiger partial charge in [-0.05, 0) is 41.9 Å². The molecule has 0 radical (unpaired) electrons. The molecule has 1 aromatic rings. The van der Waals surface area contributed by atoms with Crippen LogP contribution in [0.5, 0.6) is 0 Å². The van der Waals surface area contributed by atoms with Gasteiger partial charge >= 0.3 is 0 Å². The molecule has 0 saturated heterocycles. The van der Waals surface area contributed by atoms with Crippen LogP contribution in [0.4, 0.5) is 0 Å². The van der Waals surface area contributed by atoms with Gasteiger partial charge in [-0.15, -0.1) is 11.8 Å². The summed E-state index contributed by atoms with van der Waals surface area (Å²) in [6, 6.07) is 9.33. The average molecular weight is 249 g/mol. The highest BCUT2D eigenvalue weighted by molar-refractivity contribution is 7.99. The van der Waals surface area contributed by atoms with Gasteiger partial charge < -0.3 is 5.73 Å². The molecule has 1 fully saturated rings. The molecule has 17 heavy (non-hydrogen) atoms. The molecule has 1 aliphatic carbocycles. The molecule has 1 nitrogen and oxygen atoms in total. The lowest BCUT2D eigenvalue weighted by Crippen LogP contribution is -2.24. The van der Waals surface area contributed by atoms with Crippen molar-refractivity contribution in [2.75, 3.05) is 5.75 Å². The Kier molecular flexibility index (Phi) is 3.84. The third-order valence-electron chi connectivity index (χ3n) is 3.39. The van der Waals surface area contributed by atoms with Crippen LogP contribution < -0.4 is 5.73 Å². The molecular formula is C15H23NS. The first kappa shape index (κ1) is 13.0. The minimum atomic E-state index is 0.244. The standard InChI is InChI=1S/C15H23NS/c1-15(2,3)12-6-8-13(9-7-12)17-10-14(16)11-4-5-11/h6-9,11,14H,4-5,10,16H2,1-3H3. The van der Waals surface area contributed by atoms with Gasteiger partial charge in [0.1, 0.15) is 0 Å². The predicted molar refractivity (Wildman–Crippen MR) is 76.6 cm³/mol. The van der Waals surface area contributed by atoms with Crippen molar-refractivity contribution in [3.63, 3.8) is 0 Å². The molecule has 0 bridgehead atoms. The van der Waals surface area contributed by atoms with Crippen molar-refractivity contribution in [1.82, 2.24) is 0 Å². The predicted octanol–water partition coefficient (Wildman–Crippen LogP) is 3.81. The first-order valence-electron chi connectivity index (χ1n) is 6.46. The molecule has 2 heteroatoms. The molecule has 94 valence electrons. The van der Waals surface area contributed by atoms with Crippen LogP contribution in [0.15, 0.2) is 29.2 Å². The second kappa shape index (κ2) is 5.03. The molecule has 1 aliphatic rings. The van der Waals surface area contributed by atoms with E-state index in [1.807, 2.05) is 11.8 Å². The van der Waals surface area contributed by atoms with Gasteiger partial charge in [0.2, 0.25) is 0 Å². The summed E-state index contributed by atoms with van der Waals surface area (Å²) in [5, 5.41) is 0. The molecule has 1 unspecified atom stereocenters. The number of hydrogen-bond acceptors (Lipinski definition) is 2. The lowest BCUT2D eigenvalue weighted by atomic mass is 9.87. The Bertz CT molecular complexity index is 360. The van der Waals surface area contributed by atoms with Gasteiger partial charge in [0, 0.05) is 16.7 Å². The summed E-state index contributed by atoms with van der Waals surface area (Å²) in [5.74, 6) is 1.86. The molecule has 0 amide bonds.